The van der Waals surface area contributed by atoms with Crippen LogP contribution >= 0.6 is 27.3 Å². The first-order valence-corrected chi connectivity index (χ1v) is 9.24. The van der Waals surface area contributed by atoms with Gasteiger partial charge >= 0.3 is 0 Å². The van der Waals surface area contributed by atoms with Crippen molar-refractivity contribution in [3.63, 3.8) is 0 Å². The van der Waals surface area contributed by atoms with Gasteiger partial charge < -0.3 is 4.74 Å². The van der Waals surface area contributed by atoms with E-state index in [1.165, 1.54) is 17.7 Å². The Morgan fingerprint density at radius 1 is 1.33 bits per heavy atom. The number of hydrogen-bond donors (Lipinski definition) is 0. The molecule has 0 N–H and O–H groups in total. The van der Waals surface area contributed by atoms with Crippen molar-refractivity contribution in [2.24, 2.45) is 0 Å². The van der Waals surface area contributed by atoms with Crippen LogP contribution < -0.4 is 0 Å². The molecule has 0 fully saturated rings. The third-order valence-corrected chi connectivity index (χ3v) is 6.25. The molecule has 7 heteroatoms. The number of rotatable bonds is 2. The fourth-order valence-corrected chi connectivity index (χ4v) is 4.89. The van der Waals surface area contributed by atoms with E-state index in [0.29, 0.717) is 6.61 Å². The van der Waals surface area contributed by atoms with Crippen LogP contribution in [0.2, 0.25) is 0 Å². The standard InChI is InChI=1S/C17H15BrFN3OS/c1-9-16-21-20-10(2)22(16)17-14(8-23-9)13(15(18)24-17)7-11-3-5-12(19)6-4-11/h3-6,9H,7-8H2,1-2H3/t9-/m0/s1. The molecule has 0 radical (unpaired) electrons. The Bertz CT molecular complexity index is 903. The molecule has 124 valence electrons. The maximum absolute atomic E-state index is 13.1. The zero-order valence-electron chi connectivity index (χ0n) is 13.2. The topological polar surface area (TPSA) is 39.9 Å². The lowest BCUT2D eigenvalue weighted by molar-refractivity contribution is 0.0493. The molecule has 4 rings (SSSR count). The average molecular weight is 408 g/mol. The first-order chi connectivity index (χ1) is 11.5. The molecule has 0 bridgehead atoms. The summed E-state index contributed by atoms with van der Waals surface area (Å²) in [6.45, 7) is 4.47. The summed E-state index contributed by atoms with van der Waals surface area (Å²) in [5.41, 5.74) is 3.38. The molecule has 24 heavy (non-hydrogen) atoms. The van der Waals surface area contributed by atoms with E-state index >= 15 is 0 Å². The van der Waals surface area contributed by atoms with Gasteiger partial charge in [-0.3, -0.25) is 4.57 Å². The van der Waals surface area contributed by atoms with Crippen LogP contribution in [0.5, 0.6) is 0 Å². The van der Waals surface area contributed by atoms with E-state index in [0.717, 1.165) is 38.0 Å². The van der Waals surface area contributed by atoms with Crippen molar-refractivity contribution >= 4 is 27.3 Å². The summed E-state index contributed by atoms with van der Waals surface area (Å²) in [6, 6.07) is 6.63. The molecule has 1 atom stereocenters. The smallest absolute Gasteiger partial charge is 0.167 e. The molecule has 2 aromatic heterocycles. The summed E-state index contributed by atoms with van der Waals surface area (Å²) in [4.78, 5) is 0. The van der Waals surface area contributed by atoms with E-state index in [1.807, 2.05) is 26.0 Å². The van der Waals surface area contributed by atoms with Crippen LogP contribution in [0.3, 0.4) is 0 Å². The zero-order chi connectivity index (χ0) is 16.8. The Hall–Kier alpha value is -1.57. The molecule has 0 amide bonds. The summed E-state index contributed by atoms with van der Waals surface area (Å²) < 4.78 is 22.3. The number of nitrogens with zero attached hydrogens (tertiary/aromatic N) is 3. The second kappa shape index (κ2) is 6.06. The van der Waals surface area contributed by atoms with Crippen molar-refractivity contribution in [3.8, 4) is 5.00 Å². The van der Waals surface area contributed by atoms with Crippen LogP contribution in [0.1, 0.15) is 41.4 Å². The molecule has 3 heterocycles. The van der Waals surface area contributed by atoms with Gasteiger partial charge in [-0.15, -0.1) is 21.5 Å². The highest BCUT2D eigenvalue weighted by Gasteiger charge is 2.28. The minimum atomic E-state index is -0.219. The quantitative estimate of drug-likeness (QED) is 0.616. The van der Waals surface area contributed by atoms with Gasteiger partial charge in [-0.05, 0) is 59.5 Å². The largest absolute Gasteiger partial charge is 0.366 e. The van der Waals surface area contributed by atoms with Crippen LogP contribution in [0.25, 0.3) is 5.00 Å². The van der Waals surface area contributed by atoms with E-state index in [-0.39, 0.29) is 11.9 Å². The van der Waals surface area contributed by atoms with Crippen LogP contribution in [0, 0.1) is 12.7 Å². The maximum atomic E-state index is 13.1. The van der Waals surface area contributed by atoms with Crippen molar-refractivity contribution < 1.29 is 9.13 Å². The summed E-state index contributed by atoms with van der Waals surface area (Å²) in [7, 11) is 0. The Labute approximate surface area is 151 Å². The fourth-order valence-electron chi connectivity index (χ4n) is 2.94. The summed E-state index contributed by atoms with van der Waals surface area (Å²) >= 11 is 5.35. The third-order valence-electron chi connectivity index (χ3n) is 4.23. The Morgan fingerprint density at radius 3 is 2.83 bits per heavy atom. The van der Waals surface area contributed by atoms with E-state index in [1.54, 1.807) is 11.3 Å². The number of hydrogen-bond acceptors (Lipinski definition) is 4. The highest BCUT2D eigenvalue weighted by atomic mass is 79.9. The van der Waals surface area contributed by atoms with Gasteiger partial charge in [-0.1, -0.05) is 12.1 Å². The van der Waals surface area contributed by atoms with Crippen LogP contribution in [0.4, 0.5) is 4.39 Å². The first kappa shape index (κ1) is 15.9. The summed E-state index contributed by atoms with van der Waals surface area (Å²) in [5, 5.41) is 9.57. The van der Waals surface area contributed by atoms with Gasteiger partial charge in [0.2, 0.25) is 0 Å². The van der Waals surface area contributed by atoms with Gasteiger partial charge in [0, 0.05) is 5.56 Å². The molecule has 1 aliphatic heterocycles. The van der Waals surface area contributed by atoms with E-state index in [2.05, 4.69) is 30.7 Å². The molecular formula is C17H15BrFN3OS. The fraction of sp³-hybridized carbons (Fsp3) is 0.294. The van der Waals surface area contributed by atoms with Gasteiger partial charge in [-0.2, -0.15) is 0 Å². The zero-order valence-corrected chi connectivity index (χ0v) is 15.6. The maximum Gasteiger partial charge on any atom is 0.167 e. The van der Waals surface area contributed by atoms with Gasteiger partial charge in [-0.25, -0.2) is 4.39 Å². The predicted molar refractivity (Wildman–Crippen MR) is 94.1 cm³/mol. The lowest BCUT2D eigenvalue weighted by Crippen LogP contribution is -2.04. The molecule has 0 saturated heterocycles. The summed E-state index contributed by atoms with van der Waals surface area (Å²) in [5.74, 6) is 1.46. The van der Waals surface area contributed by atoms with Gasteiger partial charge in [0.15, 0.2) is 5.82 Å². The second-order valence-electron chi connectivity index (χ2n) is 5.84. The predicted octanol–water partition coefficient (Wildman–Crippen LogP) is 4.72. The first-order valence-electron chi connectivity index (χ1n) is 7.63. The van der Waals surface area contributed by atoms with Crippen molar-refractivity contribution in [2.75, 3.05) is 0 Å². The van der Waals surface area contributed by atoms with Crippen molar-refractivity contribution in [3.05, 3.63) is 62.2 Å². The molecule has 4 nitrogen and oxygen atoms in total. The second-order valence-corrected chi connectivity index (χ2v) is 8.15. The van der Waals surface area contributed by atoms with Gasteiger partial charge in [0.05, 0.1) is 10.4 Å². The highest BCUT2D eigenvalue weighted by molar-refractivity contribution is 9.11. The lowest BCUT2D eigenvalue weighted by Gasteiger charge is -2.09. The Kier molecular flexibility index (Phi) is 4.02. The van der Waals surface area contributed by atoms with Gasteiger partial charge in [0.25, 0.3) is 0 Å². The number of thiophene rings is 1. The molecule has 0 unspecified atom stereocenters. The van der Waals surface area contributed by atoms with E-state index in [4.69, 9.17) is 4.74 Å². The molecule has 0 spiro atoms. The number of fused-ring (bicyclic) bond motifs is 3. The number of halogens is 2. The third kappa shape index (κ3) is 2.60. The molecule has 1 aliphatic rings. The van der Waals surface area contributed by atoms with Crippen LogP contribution in [-0.4, -0.2) is 14.8 Å². The average Bonchev–Trinajstić information content (AvgIpc) is 3.04. The molecule has 0 aliphatic carbocycles. The Morgan fingerprint density at radius 2 is 2.08 bits per heavy atom. The number of aromatic nitrogens is 3. The van der Waals surface area contributed by atoms with Gasteiger partial charge in [0.1, 0.15) is 22.7 Å². The summed E-state index contributed by atoms with van der Waals surface area (Å²) in [6.07, 6.45) is 0.615. The number of benzene rings is 1. The van der Waals surface area contributed by atoms with Crippen molar-refractivity contribution in [2.45, 2.75) is 33.0 Å². The SMILES string of the molecule is Cc1nnc2n1-c1sc(Br)c(Cc3ccc(F)cc3)c1CO[C@H]2C. The number of aryl methyl sites for hydroxylation is 1. The molecule has 1 aromatic carbocycles. The lowest BCUT2D eigenvalue weighted by atomic mass is 10.0. The molecule has 0 saturated carbocycles. The van der Waals surface area contributed by atoms with E-state index < -0.39 is 0 Å². The number of ether oxygens (including phenoxy) is 1. The van der Waals surface area contributed by atoms with Crippen molar-refractivity contribution in [1.29, 1.82) is 0 Å². The van der Waals surface area contributed by atoms with Crippen LogP contribution in [0.15, 0.2) is 28.1 Å². The van der Waals surface area contributed by atoms with E-state index in [9.17, 15) is 4.39 Å². The highest BCUT2D eigenvalue weighted by Crippen LogP contribution is 2.41. The minimum absolute atomic E-state index is 0.108. The Balaban J connectivity index is 1.82. The molecular weight excluding hydrogens is 393 g/mol. The minimum Gasteiger partial charge on any atom is -0.366 e. The van der Waals surface area contributed by atoms with Crippen LogP contribution in [-0.2, 0) is 17.8 Å². The van der Waals surface area contributed by atoms with Crippen molar-refractivity contribution in [1.82, 2.24) is 14.8 Å². The molecule has 3 aromatic rings. The monoisotopic (exact) mass is 407 g/mol. The normalized spacial score (nSPS) is 16.6.